The van der Waals surface area contributed by atoms with Crippen molar-refractivity contribution in [3.8, 4) is 5.75 Å². The second-order valence-corrected chi connectivity index (χ2v) is 8.40. The Kier molecular flexibility index (Phi) is 3.63. The summed E-state index contributed by atoms with van der Waals surface area (Å²) in [4.78, 5) is 15.0. The van der Waals surface area contributed by atoms with Crippen LogP contribution in [0.3, 0.4) is 0 Å². The van der Waals surface area contributed by atoms with Gasteiger partial charge in [0.15, 0.2) is 0 Å². The van der Waals surface area contributed by atoms with Crippen LogP contribution in [0.5, 0.6) is 5.75 Å². The summed E-state index contributed by atoms with van der Waals surface area (Å²) in [5.41, 5.74) is 4.12. The van der Waals surface area contributed by atoms with Gasteiger partial charge in [0.25, 0.3) is 0 Å². The number of methoxy groups -OCH3 is 1. The number of rotatable bonds is 3. The number of carboxylic acid groups (broad SMARTS) is 1. The van der Waals surface area contributed by atoms with E-state index in [-0.39, 0.29) is 11.8 Å². The van der Waals surface area contributed by atoms with E-state index in [9.17, 15) is 9.90 Å². The molecule has 3 aliphatic rings. The van der Waals surface area contributed by atoms with Crippen LogP contribution in [0.1, 0.15) is 34.6 Å². The van der Waals surface area contributed by atoms with Crippen LogP contribution in [-0.4, -0.2) is 42.2 Å². The van der Waals surface area contributed by atoms with Crippen molar-refractivity contribution in [3.63, 3.8) is 0 Å². The topological polar surface area (TPSA) is 49.8 Å². The number of carbonyl (C=O) groups is 1. The summed E-state index contributed by atoms with van der Waals surface area (Å²) in [6.07, 6.45) is 1.75. The summed E-state index contributed by atoms with van der Waals surface area (Å²) in [6.45, 7) is 3.77. The second-order valence-electron chi connectivity index (χ2n) is 8.40. The number of nitrogens with zero attached hydrogens (tertiary/aromatic N) is 1. The highest BCUT2D eigenvalue weighted by Gasteiger charge is 2.64. The Morgan fingerprint density at radius 3 is 2.74 bits per heavy atom. The number of hydrogen-bond acceptors (Lipinski definition) is 3. The van der Waals surface area contributed by atoms with Gasteiger partial charge in [-0.15, -0.1) is 0 Å². The molecule has 0 amide bonds. The van der Waals surface area contributed by atoms with E-state index < -0.39 is 11.4 Å². The molecule has 0 spiro atoms. The molecule has 2 saturated heterocycles. The van der Waals surface area contributed by atoms with Gasteiger partial charge in [-0.25, -0.2) is 0 Å². The van der Waals surface area contributed by atoms with Gasteiger partial charge >= 0.3 is 5.97 Å². The first-order valence-corrected chi connectivity index (χ1v) is 9.75. The molecule has 4 unspecified atom stereocenters. The largest absolute Gasteiger partial charge is 0.496 e. The highest BCUT2D eigenvalue weighted by atomic mass is 16.5. The van der Waals surface area contributed by atoms with Crippen molar-refractivity contribution >= 4 is 5.97 Å². The lowest BCUT2D eigenvalue weighted by Crippen LogP contribution is -2.49. The fourth-order valence-electron chi connectivity index (χ4n) is 5.91. The maximum Gasteiger partial charge on any atom is 0.311 e. The molecule has 2 aromatic carbocycles. The summed E-state index contributed by atoms with van der Waals surface area (Å²) in [5.74, 6) is 0.480. The van der Waals surface area contributed by atoms with E-state index in [0.717, 1.165) is 24.3 Å². The van der Waals surface area contributed by atoms with Crippen molar-refractivity contribution in [1.29, 1.82) is 0 Å². The summed E-state index contributed by atoms with van der Waals surface area (Å²) in [6, 6.07) is 15.2. The predicted molar refractivity (Wildman–Crippen MR) is 103 cm³/mol. The molecule has 0 bridgehead atoms. The third-order valence-electron chi connectivity index (χ3n) is 7.18. The Bertz CT molecular complexity index is 924. The van der Waals surface area contributed by atoms with Crippen molar-refractivity contribution < 1.29 is 14.6 Å². The Balaban J connectivity index is 1.72. The standard InChI is InChI=1S/C23H25NO3/c1-14-11-15(7-8-19(14)27-2)20-17-6-4-3-5-16(17)12-23(22(25)26)13-24-10-9-18(24)21(20)23/h3-8,11,18,20-21H,9-10,12-13H2,1-2H3,(H,25,26). The van der Waals surface area contributed by atoms with Gasteiger partial charge in [-0.1, -0.05) is 36.4 Å². The number of fused-ring (bicyclic) bond motifs is 4. The van der Waals surface area contributed by atoms with Crippen LogP contribution < -0.4 is 4.74 Å². The molecule has 1 aliphatic carbocycles. The Morgan fingerprint density at radius 2 is 2.07 bits per heavy atom. The molecule has 5 rings (SSSR count). The zero-order valence-corrected chi connectivity index (χ0v) is 15.8. The van der Waals surface area contributed by atoms with Gasteiger partial charge in [0, 0.05) is 24.4 Å². The van der Waals surface area contributed by atoms with Crippen molar-refractivity contribution in [2.24, 2.45) is 11.3 Å². The van der Waals surface area contributed by atoms with Gasteiger partial charge in [-0.2, -0.15) is 0 Å². The van der Waals surface area contributed by atoms with Gasteiger partial charge in [-0.05, 0) is 54.6 Å². The average molecular weight is 363 g/mol. The van der Waals surface area contributed by atoms with E-state index in [0.29, 0.717) is 19.0 Å². The van der Waals surface area contributed by atoms with Crippen LogP contribution in [0.15, 0.2) is 42.5 Å². The second kappa shape index (κ2) is 5.83. The van der Waals surface area contributed by atoms with E-state index in [4.69, 9.17) is 4.74 Å². The lowest BCUT2D eigenvalue weighted by Gasteiger charge is -2.46. The van der Waals surface area contributed by atoms with Gasteiger partial charge in [0.1, 0.15) is 5.75 Å². The van der Waals surface area contributed by atoms with Crippen molar-refractivity contribution in [1.82, 2.24) is 4.90 Å². The lowest BCUT2D eigenvalue weighted by molar-refractivity contribution is -0.151. The fraction of sp³-hybridized carbons (Fsp3) is 0.435. The highest BCUT2D eigenvalue weighted by Crippen LogP contribution is 2.59. The zero-order chi connectivity index (χ0) is 18.8. The molecule has 2 heterocycles. The third kappa shape index (κ3) is 2.23. The first-order valence-electron chi connectivity index (χ1n) is 9.75. The lowest BCUT2D eigenvalue weighted by atomic mass is 9.57. The number of ether oxygens (including phenoxy) is 1. The van der Waals surface area contributed by atoms with Crippen LogP contribution in [0.2, 0.25) is 0 Å². The quantitative estimate of drug-likeness (QED) is 0.907. The van der Waals surface area contributed by atoms with Gasteiger partial charge < -0.3 is 9.84 Å². The normalized spacial score (nSPS) is 31.4. The van der Waals surface area contributed by atoms with Gasteiger partial charge in [0.05, 0.1) is 12.5 Å². The minimum absolute atomic E-state index is 0.117. The zero-order valence-electron chi connectivity index (χ0n) is 15.8. The molecular formula is C23H25NO3. The summed E-state index contributed by atoms with van der Waals surface area (Å²) >= 11 is 0. The van der Waals surface area contributed by atoms with Crippen molar-refractivity contribution in [2.45, 2.75) is 31.7 Å². The molecule has 0 saturated carbocycles. The Labute approximate surface area is 159 Å². The van der Waals surface area contributed by atoms with Crippen LogP contribution in [-0.2, 0) is 11.2 Å². The maximum absolute atomic E-state index is 12.6. The Morgan fingerprint density at radius 1 is 1.26 bits per heavy atom. The van der Waals surface area contributed by atoms with Crippen molar-refractivity contribution in [3.05, 3.63) is 64.7 Å². The molecule has 2 aromatic rings. The maximum atomic E-state index is 12.6. The molecule has 0 radical (unpaired) electrons. The number of aliphatic carboxylic acids is 1. The number of hydrogen-bond donors (Lipinski definition) is 1. The molecular weight excluding hydrogens is 338 g/mol. The van der Waals surface area contributed by atoms with Crippen LogP contribution in [0.25, 0.3) is 0 Å². The molecule has 2 aliphatic heterocycles. The molecule has 0 aromatic heterocycles. The summed E-state index contributed by atoms with van der Waals surface area (Å²) < 4.78 is 5.45. The van der Waals surface area contributed by atoms with Crippen LogP contribution in [0, 0.1) is 18.3 Å². The van der Waals surface area contributed by atoms with Crippen molar-refractivity contribution in [2.75, 3.05) is 20.2 Å². The smallest absolute Gasteiger partial charge is 0.311 e. The average Bonchev–Trinajstić information content (AvgIpc) is 2.87. The minimum Gasteiger partial charge on any atom is -0.496 e. The fourth-order valence-corrected chi connectivity index (χ4v) is 5.91. The van der Waals surface area contributed by atoms with E-state index in [1.807, 2.05) is 12.1 Å². The molecule has 4 nitrogen and oxygen atoms in total. The number of aryl methyl sites for hydroxylation is 1. The Hall–Kier alpha value is -2.33. The number of carboxylic acids is 1. The first kappa shape index (κ1) is 16.8. The van der Waals surface area contributed by atoms with Gasteiger partial charge in [0.2, 0.25) is 0 Å². The molecule has 1 N–H and O–H groups in total. The molecule has 140 valence electrons. The monoisotopic (exact) mass is 363 g/mol. The molecule has 27 heavy (non-hydrogen) atoms. The summed E-state index contributed by atoms with van der Waals surface area (Å²) in [5, 5.41) is 10.3. The third-order valence-corrected chi connectivity index (χ3v) is 7.18. The van der Waals surface area contributed by atoms with Crippen LogP contribution >= 0.6 is 0 Å². The molecule has 2 fully saturated rings. The van der Waals surface area contributed by atoms with E-state index in [1.165, 1.54) is 16.7 Å². The molecule has 4 heteroatoms. The van der Waals surface area contributed by atoms with E-state index in [1.54, 1.807) is 7.11 Å². The summed E-state index contributed by atoms with van der Waals surface area (Å²) in [7, 11) is 1.69. The van der Waals surface area contributed by atoms with E-state index in [2.05, 4.69) is 42.2 Å². The molecule has 4 atom stereocenters. The SMILES string of the molecule is COc1ccc(C2c3ccccc3CC3(C(=O)O)CN4CCC4C23)cc1C. The van der Waals surface area contributed by atoms with E-state index >= 15 is 0 Å². The van der Waals surface area contributed by atoms with Crippen LogP contribution in [0.4, 0.5) is 0 Å². The predicted octanol–water partition coefficient (Wildman–Crippen LogP) is 3.47. The number of benzene rings is 2. The first-order chi connectivity index (χ1) is 13.0. The minimum atomic E-state index is -0.686. The highest BCUT2D eigenvalue weighted by molar-refractivity contribution is 5.78. The van der Waals surface area contributed by atoms with Gasteiger partial charge in [-0.3, -0.25) is 9.69 Å².